The lowest BCUT2D eigenvalue weighted by molar-refractivity contribution is 0.584. The summed E-state index contributed by atoms with van der Waals surface area (Å²) < 4.78 is 23.9. The zero-order valence-corrected chi connectivity index (χ0v) is 14.3. The van der Waals surface area contributed by atoms with Crippen molar-refractivity contribution in [2.45, 2.75) is 10.7 Å². The molecule has 0 aliphatic carbocycles. The number of halogens is 1. The highest BCUT2D eigenvalue weighted by molar-refractivity contribution is 9.08. The van der Waals surface area contributed by atoms with Gasteiger partial charge in [-0.25, -0.2) is 8.42 Å². The molecule has 1 heterocycles. The molecule has 0 bridgehead atoms. The molecule has 4 nitrogen and oxygen atoms in total. The number of benzene rings is 1. The monoisotopic (exact) mass is 374 g/mol. The number of thioether (sulfide) groups is 1. The van der Waals surface area contributed by atoms with Crippen LogP contribution < -0.4 is 4.90 Å². The molecule has 108 valence electrons. The Labute approximate surface area is 132 Å². The van der Waals surface area contributed by atoms with Gasteiger partial charge in [-0.15, -0.1) is 0 Å². The van der Waals surface area contributed by atoms with E-state index in [2.05, 4.69) is 22.0 Å². The van der Waals surface area contributed by atoms with Crippen LogP contribution in [0.5, 0.6) is 0 Å². The van der Waals surface area contributed by atoms with Gasteiger partial charge in [-0.05, 0) is 17.7 Å². The Bertz CT molecular complexity index is 640. The molecule has 0 radical (unpaired) electrons. The van der Waals surface area contributed by atoms with Crippen molar-refractivity contribution in [1.29, 1.82) is 5.26 Å². The van der Waals surface area contributed by atoms with Crippen molar-refractivity contribution < 1.29 is 8.42 Å². The largest absolute Gasteiger partial charge is 0.352 e. The minimum atomic E-state index is -3.18. The van der Waals surface area contributed by atoms with E-state index < -0.39 is 15.2 Å². The highest BCUT2D eigenvalue weighted by atomic mass is 79.9. The number of alkyl halides is 1. The van der Waals surface area contributed by atoms with Crippen LogP contribution >= 0.6 is 27.7 Å². The molecule has 1 unspecified atom stereocenters. The molecule has 0 spiro atoms. The van der Waals surface area contributed by atoms with Crippen molar-refractivity contribution in [3.8, 4) is 6.07 Å². The molecule has 1 aliphatic rings. The van der Waals surface area contributed by atoms with Crippen LogP contribution in [0.15, 0.2) is 18.2 Å². The second-order valence-corrected chi connectivity index (χ2v) is 8.56. The van der Waals surface area contributed by atoms with E-state index in [4.69, 9.17) is 0 Å². The quantitative estimate of drug-likeness (QED) is 0.760. The lowest BCUT2D eigenvalue weighted by atomic mass is 10.1. The second-order valence-electron chi connectivity index (χ2n) is 4.65. The SMILES string of the molecule is CS(=O)(=O)C1CSCCN1c1ccc(CBr)cc1C#N. The summed E-state index contributed by atoms with van der Waals surface area (Å²) in [6.07, 6.45) is 1.26. The van der Waals surface area contributed by atoms with Crippen molar-refractivity contribution in [3.63, 3.8) is 0 Å². The van der Waals surface area contributed by atoms with Crippen LogP contribution in [0.3, 0.4) is 0 Å². The van der Waals surface area contributed by atoms with Gasteiger partial charge in [0.05, 0.1) is 11.3 Å². The van der Waals surface area contributed by atoms with Gasteiger partial charge in [0.15, 0.2) is 9.84 Å². The maximum Gasteiger partial charge on any atom is 0.169 e. The fourth-order valence-electron chi connectivity index (χ4n) is 2.22. The number of sulfone groups is 1. The first-order chi connectivity index (χ1) is 9.47. The minimum Gasteiger partial charge on any atom is -0.352 e. The van der Waals surface area contributed by atoms with Crippen molar-refractivity contribution in [1.82, 2.24) is 0 Å². The Hall–Kier alpha value is -0.710. The molecular formula is C13H15BrN2O2S2. The molecule has 2 rings (SSSR count). The maximum atomic E-state index is 11.9. The zero-order chi connectivity index (χ0) is 14.8. The molecule has 1 aliphatic heterocycles. The summed E-state index contributed by atoms with van der Waals surface area (Å²) in [5, 5.41) is 9.43. The minimum absolute atomic E-state index is 0.530. The Morgan fingerprint density at radius 1 is 1.55 bits per heavy atom. The van der Waals surface area contributed by atoms with Gasteiger partial charge in [0.1, 0.15) is 11.4 Å². The molecule has 1 fully saturated rings. The van der Waals surface area contributed by atoms with Crippen LogP contribution in [0.25, 0.3) is 0 Å². The molecule has 0 N–H and O–H groups in total. The van der Waals surface area contributed by atoms with E-state index in [1.54, 1.807) is 11.8 Å². The topological polar surface area (TPSA) is 61.2 Å². The van der Waals surface area contributed by atoms with E-state index in [9.17, 15) is 13.7 Å². The van der Waals surface area contributed by atoms with Crippen LogP contribution in [-0.2, 0) is 15.2 Å². The first-order valence-electron chi connectivity index (χ1n) is 6.09. The highest BCUT2D eigenvalue weighted by Crippen LogP contribution is 2.30. The molecule has 0 amide bonds. The number of anilines is 1. The van der Waals surface area contributed by atoms with Crippen molar-refractivity contribution in [3.05, 3.63) is 29.3 Å². The van der Waals surface area contributed by atoms with Gasteiger partial charge in [0.2, 0.25) is 0 Å². The van der Waals surface area contributed by atoms with E-state index in [1.807, 2.05) is 23.1 Å². The highest BCUT2D eigenvalue weighted by Gasteiger charge is 2.32. The van der Waals surface area contributed by atoms with Gasteiger partial charge in [-0.3, -0.25) is 0 Å². The van der Waals surface area contributed by atoms with E-state index in [-0.39, 0.29) is 0 Å². The van der Waals surface area contributed by atoms with E-state index >= 15 is 0 Å². The lowest BCUT2D eigenvalue weighted by Crippen LogP contribution is -2.47. The van der Waals surface area contributed by atoms with Crippen molar-refractivity contribution >= 4 is 43.2 Å². The summed E-state index contributed by atoms with van der Waals surface area (Å²) >= 11 is 5.00. The Balaban J connectivity index is 2.45. The average molecular weight is 375 g/mol. The molecule has 0 saturated carbocycles. The van der Waals surface area contributed by atoms with Crippen LogP contribution in [0.2, 0.25) is 0 Å². The fourth-order valence-corrected chi connectivity index (χ4v) is 5.40. The molecule has 1 aromatic rings. The number of rotatable bonds is 3. The standard InChI is InChI=1S/C13H15BrN2O2S2/c1-20(17,18)13-9-19-5-4-16(13)12-3-2-10(7-14)6-11(12)8-15/h2-3,6,13H,4-5,7,9H2,1H3. The summed E-state index contributed by atoms with van der Waals surface area (Å²) in [5.41, 5.74) is 2.25. The first kappa shape index (κ1) is 15.7. The summed E-state index contributed by atoms with van der Waals surface area (Å²) in [7, 11) is -3.18. The average Bonchev–Trinajstić information content (AvgIpc) is 2.45. The Kier molecular flexibility index (Phi) is 4.99. The van der Waals surface area contributed by atoms with Gasteiger partial charge >= 0.3 is 0 Å². The summed E-state index contributed by atoms with van der Waals surface area (Å²) in [5.74, 6) is 1.42. The van der Waals surface area contributed by atoms with E-state index in [1.165, 1.54) is 6.26 Å². The number of nitriles is 1. The number of hydrogen-bond donors (Lipinski definition) is 0. The summed E-state index contributed by atoms with van der Waals surface area (Å²) in [6.45, 7) is 0.644. The van der Waals surface area contributed by atoms with Gasteiger partial charge in [0.25, 0.3) is 0 Å². The van der Waals surface area contributed by atoms with Crippen LogP contribution in [0.4, 0.5) is 5.69 Å². The summed E-state index contributed by atoms with van der Waals surface area (Å²) in [6, 6.07) is 7.76. The maximum absolute atomic E-state index is 11.9. The van der Waals surface area contributed by atoms with Gasteiger partial charge in [-0.2, -0.15) is 17.0 Å². The molecule has 7 heteroatoms. The Morgan fingerprint density at radius 3 is 2.90 bits per heavy atom. The predicted molar refractivity (Wildman–Crippen MR) is 87.1 cm³/mol. The third-order valence-corrected chi connectivity index (χ3v) is 6.51. The normalized spacial score (nSPS) is 19.6. The molecule has 20 heavy (non-hydrogen) atoms. The van der Waals surface area contributed by atoms with Crippen LogP contribution in [0.1, 0.15) is 11.1 Å². The number of hydrogen-bond acceptors (Lipinski definition) is 5. The van der Waals surface area contributed by atoms with Crippen LogP contribution in [0, 0.1) is 11.3 Å². The molecule has 0 aromatic heterocycles. The van der Waals surface area contributed by atoms with Gasteiger partial charge in [-0.1, -0.05) is 22.0 Å². The lowest BCUT2D eigenvalue weighted by Gasteiger charge is -2.36. The van der Waals surface area contributed by atoms with Gasteiger partial charge < -0.3 is 4.90 Å². The van der Waals surface area contributed by atoms with E-state index in [0.29, 0.717) is 28.9 Å². The molecular weight excluding hydrogens is 360 g/mol. The smallest absolute Gasteiger partial charge is 0.169 e. The van der Waals surface area contributed by atoms with Crippen LogP contribution in [-0.4, -0.2) is 38.1 Å². The number of nitrogens with zero attached hydrogens (tertiary/aromatic N) is 2. The fraction of sp³-hybridized carbons (Fsp3) is 0.462. The predicted octanol–water partition coefficient (Wildman–Crippen LogP) is 2.38. The van der Waals surface area contributed by atoms with Crippen molar-refractivity contribution in [2.24, 2.45) is 0 Å². The molecule has 1 atom stereocenters. The summed E-state index contributed by atoms with van der Waals surface area (Å²) in [4.78, 5) is 1.85. The van der Waals surface area contributed by atoms with Gasteiger partial charge in [0, 0.05) is 29.6 Å². The zero-order valence-electron chi connectivity index (χ0n) is 11.0. The third kappa shape index (κ3) is 3.30. The first-order valence-corrected chi connectivity index (χ1v) is 10.3. The Morgan fingerprint density at radius 2 is 2.30 bits per heavy atom. The molecule has 1 aromatic carbocycles. The second kappa shape index (κ2) is 6.37. The van der Waals surface area contributed by atoms with E-state index in [0.717, 1.165) is 11.3 Å². The molecule has 1 saturated heterocycles. The third-order valence-electron chi connectivity index (χ3n) is 3.22. The van der Waals surface area contributed by atoms with Crippen molar-refractivity contribution in [2.75, 3.05) is 29.2 Å².